The van der Waals surface area contributed by atoms with Gasteiger partial charge in [0.1, 0.15) is 24.5 Å². The maximum Gasteiger partial charge on any atom is 0.135 e. The van der Waals surface area contributed by atoms with E-state index in [1.165, 1.54) is 6.33 Å². The molecular formula is C14H15N5. The quantitative estimate of drug-likeness (QED) is 0.848. The standard InChI is InChI=1S/C14H15N5/c1-11-5-3-4-6-12(11)18-13-9-14(17-10-16-13)19(2)8-7-15/h3-6,9-10H,8H2,1-2H3,(H,16,17,18). The van der Waals surface area contributed by atoms with E-state index in [0.29, 0.717) is 18.2 Å². The number of anilines is 3. The molecule has 1 heterocycles. The summed E-state index contributed by atoms with van der Waals surface area (Å²) in [7, 11) is 1.82. The molecule has 2 rings (SSSR count). The Balaban J connectivity index is 2.20. The first kappa shape index (κ1) is 12.8. The molecule has 0 aliphatic rings. The van der Waals surface area contributed by atoms with Crippen LogP contribution in [0, 0.1) is 18.3 Å². The van der Waals surface area contributed by atoms with Crippen LogP contribution >= 0.6 is 0 Å². The maximum atomic E-state index is 8.69. The van der Waals surface area contributed by atoms with E-state index in [1.54, 1.807) is 4.90 Å². The predicted octanol–water partition coefficient (Wildman–Crippen LogP) is 2.49. The summed E-state index contributed by atoms with van der Waals surface area (Å²) >= 11 is 0. The van der Waals surface area contributed by atoms with Gasteiger partial charge in [0.05, 0.1) is 6.07 Å². The van der Waals surface area contributed by atoms with E-state index in [2.05, 4.69) is 21.4 Å². The molecule has 5 heteroatoms. The molecule has 0 bridgehead atoms. The second-order valence-electron chi connectivity index (χ2n) is 4.22. The SMILES string of the molecule is Cc1ccccc1Nc1cc(N(C)CC#N)ncn1. The van der Waals surface area contributed by atoms with Crippen molar-refractivity contribution in [2.75, 3.05) is 23.8 Å². The third-order valence-corrected chi connectivity index (χ3v) is 2.76. The first-order valence-electron chi connectivity index (χ1n) is 5.93. The van der Waals surface area contributed by atoms with Crippen LogP contribution < -0.4 is 10.2 Å². The number of hydrogen-bond acceptors (Lipinski definition) is 5. The summed E-state index contributed by atoms with van der Waals surface area (Å²) < 4.78 is 0. The lowest BCUT2D eigenvalue weighted by molar-refractivity contribution is 0.981. The van der Waals surface area contributed by atoms with Gasteiger partial charge in [0, 0.05) is 18.8 Å². The number of nitrogens with one attached hydrogen (secondary N) is 1. The average Bonchev–Trinajstić information content (AvgIpc) is 2.42. The fourth-order valence-corrected chi connectivity index (χ4v) is 1.66. The fourth-order valence-electron chi connectivity index (χ4n) is 1.66. The van der Waals surface area contributed by atoms with Crippen LogP contribution in [0.25, 0.3) is 0 Å². The smallest absolute Gasteiger partial charge is 0.135 e. The Morgan fingerprint density at radius 2 is 2.11 bits per heavy atom. The molecule has 0 unspecified atom stereocenters. The molecule has 2 aromatic rings. The third-order valence-electron chi connectivity index (χ3n) is 2.76. The number of hydrogen-bond donors (Lipinski definition) is 1. The van der Waals surface area contributed by atoms with Crippen LogP contribution in [0.4, 0.5) is 17.3 Å². The lowest BCUT2D eigenvalue weighted by Crippen LogP contribution is -2.18. The Morgan fingerprint density at radius 1 is 1.32 bits per heavy atom. The van der Waals surface area contributed by atoms with Crippen molar-refractivity contribution in [3.63, 3.8) is 0 Å². The number of nitrogens with zero attached hydrogens (tertiary/aromatic N) is 4. The number of aromatic nitrogens is 2. The highest BCUT2D eigenvalue weighted by Gasteiger charge is 2.04. The number of nitriles is 1. The fraction of sp³-hybridized carbons (Fsp3) is 0.214. The molecule has 1 aromatic carbocycles. The number of aryl methyl sites for hydroxylation is 1. The van der Waals surface area contributed by atoms with E-state index in [9.17, 15) is 0 Å². The van der Waals surface area contributed by atoms with Crippen LogP contribution in [0.2, 0.25) is 0 Å². The third kappa shape index (κ3) is 3.19. The number of para-hydroxylation sites is 1. The van der Waals surface area contributed by atoms with Crippen molar-refractivity contribution < 1.29 is 0 Å². The van der Waals surface area contributed by atoms with Gasteiger partial charge in [-0.15, -0.1) is 0 Å². The van der Waals surface area contributed by atoms with E-state index in [1.807, 2.05) is 44.3 Å². The summed E-state index contributed by atoms with van der Waals surface area (Å²) in [5.74, 6) is 1.43. The summed E-state index contributed by atoms with van der Waals surface area (Å²) in [6.07, 6.45) is 1.49. The molecule has 0 fully saturated rings. The van der Waals surface area contributed by atoms with Crippen LogP contribution in [0.3, 0.4) is 0 Å². The largest absolute Gasteiger partial charge is 0.346 e. The first-order valence-corrected chi connectivity index (χ1v) is 5.93. The van der Waals surface area contributed by atoms with Crippen molar-refractivity contribution in [1.82, 2.24) is 9.97 Å². The molecule has 1 aromatic heterocycles. The van der Waals surface area contributed by atoms with Gasteiger partial charge in [-0.05, 0) is 18.6 Å². The van der Waals surface area contributed by atoms with E-state index in [-0.39, 0.29) is 0 Å². The van der Waals surface area contributed by atoms with Crippen LogP contribution in [0.5, 0.6) is 0 Å². The monoisotopic (exact) mass is 253 g/mol. The molecule has 0 aliphatic carbocycles. The summed E-state index contributed by atoms with van der Waals surface area (Å²) in [5, 5.41) is 11.9. The Bertz CT molecular complexity index is 603. The average molecular weight is 253 g/mol. The Hall–Kier alpha value is -2.61. The number of benzene rings is 1. The van der Waals surface area contributed by atoms with Gasteiger partial charge in [-0.1, -0.05) is 18.2 Å². The highest BCUT2D eigenvalue weighted by Crippen LogP contribution is 2.20. The Kier molecular flexibility index (Phi) is 3.94. The second kappa shape index (κ2) is 5.83. The van der Waals surface area contributed by atoms with Gasteiger partial charge in [0.25, 0.3) is 0 Å². The zero-order valence-electron chi connectivity index (χ0n) is 11.0. The maximum absolute atomic E-state index is 8.69. The van der Waals surface area contributed by atoms with Crippen molar-refractivity contribution in [1.29, 1.82) is 5.26 Å². The van der Waals surface area contributed by atoms with Crippen molar-refractivity contribution in [2.45, 2.75) is 6.92 Å². The Labute approximate surface area is 112 Å². The molecule has 0 amide bonds. The van der Waals surface area contributed by atoms with Crippen molar-refractivity contribution in [3.05, 3.63) is 42.2 Å². The summed E-state index contributed by atoms with van der Waals surface area (Å²) in [6, 6.07) is 11.9. The molecule has 0 aliphatic heterocycles. The topological polar surface area (TPSA) is 64.8 Å². The van der Waals surface area contributed by atoms with Crippen molar-refractivity contribution in [2.24, 2.45) is 0 Å². The highest BCUT2D eigenvalue weighted by molar-refractivity contribution is 5.62. The van der Waals surface area contributed by atoms with Gasteiger partial charge in [-0.25, -0.2) is 9.97 Å². The lowest BCUT2D eigenvalue weighted by atomic mass is 10.2. The van der Waals surface area contributed by atoms with Gasteiger partial charge in [0.2, 0.25) is 0 Å². The minimum Gasteiger partial charge on any atom is -0.346 e. The normalized spacial score (nSPS) is 9.74. The number of rotatable bonds is 4. The lowest BCUT2D eigenvalue weighted by Gasteiger charge is -2.15. The van der Waals surface area contributed by atoms with E-state index in [0.717, 1.165) is 11.3 Å². The molecule has 0 saturated carbocycles. The summed E-state index contributed by atoms with van der Waals surface area (Å²) in [5.41, 5.74) is 2.16. The molecule has 5 nitrogen and oxygen atoms in total. The Morgan fingerprint density at radius 3 is 2.84 bits per heavy atom. The molecule has 0 radical (unpaired) electrons. The molecule has 96 valence electrons. The van der Waals surface area contributed by atoms with Crippen LogP contribution in [-0.2, 0) is 0 Å². The van der Waals surface area contributed by atoms with E-state index in [4.69, 9.17) is 5.26 Å². The molecule has 0 spiro atoms. The minimum atomic E-state index is 0.292. The van der Waals surface area contributed by atoms with Gasteiger partial charge >= 0.3 is 0 Å². The highest BCUT2D eigenvalue weighted by atomic mass is 15.2. The van der Waals surface area contributed by atoms with Crippen LogP contribution in [-0.4, -0.2) is 23.6 Å². The molecule has 0 atom stereocenters. The zero-order chi connectivity index (χ0) is 13.7. The van der Waals surface area contributed by atoms with Crippen LogP contribution in [0.15, 0.2) is 36.7 Å². The van der Waals surface area contributed by atoms with E-state index >= 15 is 0 Å². The first-order chi connectivity index (χ1) is 9.20. The van der Waals surface area contributed by atoms with Gasteiger partial charge in [-0.2, -0.15) is 5.26 Å². The zero-order valence-corrected chi connectivity index (χ0v) is 11.0. The molecular weight excluding hydrogens is 238 g/mol. The predicted molar refractivity (Wildman–Crippen MR) is 75.4 cm³/mol. The van der Waals surface area contributed by atoms with Crippen molar-refractivity contribution in [3.8, 4) is 6.07 Å². The molecule has 19 heavy (non-hydrogen) atoms. The van der Waals surface area contributed by atoms with E-state index < -0.39 is 0 Å². The summed E-state index contributed by atoms with van der Waals surface area (Å²) in [4.78, 5) is 10.1. The van der Waals surface area contributed by atoms with Gasteiger partial charge < -0.3 is 10.2 Å². The minimum absolute atomic E-state index is 0.292. The van der Waals surface area contributed by atoms with Gasteiger partial charge in [0.15, 0.2) is 0 Å². The summed E-state index contributed by atoms with van der Waals surface area (Å²) in [6.45, 7) is 2.33. The van der Waals surface area contributed by atoms with Crippen LogP contribution in [0.1, 0.15) is 5.56 Å². The second-order valence-corrected chi connectivity index (χ2v) is 4.22. The van der Waals surface area contributed by atoms with Gasteiger partial charge in [-0.3, -0.25) is 0 Å². The molecule has 0 saturated heterocycles. The molecule has 1 N–H and O–H groups in total. The van der Waals surface area contributed by atoms with Crippen molar-refractivity contribution >= 4 is 17.3 Å².